The number of amides is 1. The van der Waals surface area contributed by atoms with Crippen molar-refractivity contribution in [3.05, 3.63) is 70.5 Å². The molecule has 3 heteroatoms. The van der Waals surface area contributed by atoms with Crippen LogP contribution < -0.4 is 5.32 Å². The zero-order chi connectivity index (χ0) is 16.2. The molecule has 3 rings (SSSR count). The summed E-state index contributed by atoms with van der Waals surface area (Å²) in [6, 6.07) is 12.2. The minimum Gasteiger partial charge on any atom is -0.345 e. The maximum atomic E-state index is 13.0. The van der Waals surface area contributed by atoms with Gasteiger partial charge >= 0.3 is 0 Å². The Labute approximate surface area is 136 Å². The lowest BCUT2D eigenvalue weighted by atomic mass is 9.88. The van der Waals surface area contributed by atoms with Gasteiger partial charge < -0.3 is 5.32 Å². The van der Waals surface area contributed by atoms with Gasteiger partial charge in [-0.25, -0.2) is 4.39 Å². The minimum atomic E-state index is -0.330. The summed E-state index contributed by atoms with van der Waals surface area (Å²) < 4.78 is 13.0. The molecule has 1 aliphatic rings. The summed E-state index contributed by atoms with van der Waals surface area (Å²) in [6.45, 7) is 2.06. The fourth-order valence-corrected chi connectivity index (χ4v) is 3.23. The van der Waals surface area contributed by atoms with Crippen molar-refractivity contribution in [2.24, 2.45) is 0 Å². The van der Waals surface area contributed by atoms with E-state index < -0.39 is 0 Å². The van der Waals surface area contributed by atoms with E-state index in [-0.39, 0.29) is 17.8 Å². The van der Waals surface area contributed by atoms with Crippen molar-refractivity contribution in [3.63, 3.8) is 0 Å². The first-order chi connectivity index (χ1) is 11.2. The predicted octanol–water partition coefficient (Wildman–Crippen LogP) is 4.59. The highest BCUT2D eigenvalue weighted by Crippen LogP contribution is 2.26. The Morgan fingerprint density at radius 3 is 2.48 bits per heavy atom. The zero-order valence-corrected chi connectivity index (χ0v) is 13.4. The van der Waals surface area contributed by atoms with Crippen molar-refractivity contribution >= 4 is 5.91 Å². The lowest BCUT2D eigenvalue weighted by Crippen LogP contribution is -2.28. The summed E-state index contributed by atoms with van der Waals surface area (Å²) >= 11 is 0. The average molecular weight is 311 g/mol. The van der Waals surface area contributed by atoms with Crippen LogP contribution in [0.2, 0.25) is 0 Å². The first-order valence-corrected chi connectivity index (χ1v) is 8.35. The number of nitrogens with one attached hydrogen (secondary N) is 1. The van der Waals surface area contributed by atoms with Crippen LogP contribution in [0.25, 0.3) is 0 Å². The number of hydrogen-bond acceptors (Lipinski definition) is 1. The highest BCUT2D eigenvalue weighted by molar-refractivity contribution is 5.94. The Morgan fingerprint density at radius 1 is 1.09 bits per heavy atom. The van der Waals surface area contributed by atoms with Crippen molar-refractivity contribution < 1.29 is 9.18 Å². The van der Waals surface area contributed by atoms with Crippen molar-refractivity contribution in [1.29, 1.82) is 0 Å². The summed E-state index contributed by atoms with van der Waals surface area (Å²) in [5.74, 6) is -0.488. The van der Waals surface area contributed by atoms with E-state index in [1.54, 1.807) is 0 Å². The Balaban J connectivity index is 1.77. The Morgan fingerprint density at radius 2 is 1.78 bits per heavy atom. The smallest absolute Gasteiger partial charge is 0.251 e. The topological polar surface area (TPSA) is 29.1 Å². The maximum Gasteiger partial charge on any atom is 0.251 e. The Kier molecular flexibility index (Phi) is 4.75. The molecular formula is C20H22FNO. The maximum absolute atomic E-state index is 13.0. The highest BCUT2D eigenvalue weighted by Gasteiger charge is 2.17. The van der Waals surface area contributed by atoms with Crippen LogP contribution >= 0.6 is 0 Å². The van der Waals surface area contributed by atoms with E-state index in [4.69, 9.17) is 0 Å². The number of carbonyl (C=O) groups excluding carboxylic acids is 1. The Bertz CT molecular complexity index is 693. The molecule has 0 saturated carbocycles. The van der Waals surface area contributed by atoms with Crippen LogP contribution in [-0.2, 0) is 12.8 Å². The molecule has 1 N–H and O–H groups in total. The normalized spacial score (nSPS) is 14.9. The molecule has 1 atom stereocenters. The quantitative estimate of drug-likeness (QED) is 0.879. The summed E-state index contributed by atoms with van der Waals surface area (Å²) in [7, 11) is 0. The molecule has 2 aromatic carbocycles. The molecule has 0 aliphatic heterocycles. The largest absolute Gasteiger partial charge is 0.345 e. The van der Waals surface area contributed by atoms with Crippen molar-refractivity contribution in [1.82, 2.24) is 5.32 Å². The molecule has 0 radical (unpaired) electrons. The second kappa shape index (κ2) is 6.95. The van der Waals surface area contributed by atoms with Crippen LogP contribution in [-0.4, -0.2) is 5.91 Å². The number of aryl methyl sites for hydroxylation is 2. The summed E-state index contributed by atoms with van der Waals surface area (Å²) in [5.41, 5.74) is 4.51. The van der Waals surface area contributed by atoms with Gasteiger partial charge in [0.25, 0.3) is 5.91 Å². The molecule has 0 aromatic heterocycles. The van der Waals surface area contributed by atoms with E-state index in [0.717, 1.165) is 24.8 Å². The van der Waals surface area contributed by atoms with Gasteiger partial charge in [-0.3, -0.25) is 4.79 Å². The Hall–Kier alpha value is -2.16. The molecular weight excluding hydrogens is 289 g/mol. The van der Waals surface area contributed by atoms with Gasteiger partial charge in [-0.05, 0) is 73.1 Å². The van der Waals surface area contributed by atoms with Crippen LogP contribution in [0, 0.1) is 5.82 Å². The van der Waals surface area contributed by atoms with Crippen LogP contribution in [0.4, 0.5) is 4.39 Å². The molecule has 1 aliphatic carbocycles. The molecule has 0 spiro atoms. The lowest BCUT2D eigenvalue weighted by molar-refractivity contribution is 0.0935. The standard InChI is InChI=1S/C20H22FNO/c1-2-19(22-20(23)15-9-11-18(21)12-10-15)17-8-7-14-5-3-4-6-16(14)13-17/h7-13,19H,2-6H2,1H3,(H,22,23)/t19-/m0/s1. The number of halogens is 1. The van der Waals surface area contributed by atoms with Gasteiger partial charge in [-0.2, -0.15) is 0 Å². The van der Waals surface area contributed by atoms with Crippen molar-refractivity contribution in [2.45, 2.75) is 45.1 Å². The first-order valence-electron chi connectivity index (χ1n) is 8.35. The van der Waals surface area contributed by atoms with E-state index in [9.17, 15) is 9.18 Å². The average Bonchev–Trinajstić information content (AvgIpc) is 2.59. The van der Waals surface area contributed by atoms with Crippen LogP contribution in [0.5, 0.6) is 0 Å². The highest BCUT2D eigenvalue weighted by atomic mass is 19.1. The first kappa shape index (κ1) is 15.7. The minimum absolute atomic E-state index is 0.0141. The second-order valence-electron chi connectivity index (χ2n) is 6.18. The van der Waals surface area contributed by atoms with Crippen LogP contribution in [0.3, 0.4) is 0 Å². The lowest BCUT2D eigenvalue weighted by Gasteiger charge is -2.21. The van der Waals surface area contributed by atoms with Gasteiger partial charge in [0, 0.05) is 5.56 Å². The van der Waals surface area contributed by atoms with E-state index >= 15 is 0 Å². The third-order valence-corrected chi connectivity index (χ3v) is 4.59. The number of rotatable bonds is 4. The summed E-state index contributed by atoms with van der Waals surface area (Å²) in [5, 5.41) is 3.06. The van der Waals surface area contributed by atoms with Gasteiger partial charge in [0.15, 0.2) is 0 Å². The summed E-state index contributed by atoms with van der Waals surface area (Å²) in [6.07, 6.45) is 5.63. The van der Waals surface area contributed by atoms with Gasteiger partial charge in [-0.1, -0.05) is 25.1 Å². The summed E-state index contributed by atoms with van der Waals surface area (Å²) in [4.78, 5) is 12.4. The van der Waals surface area contributed by atoms with Crippen LogP contribution in [0.15, 0.2) is 42.5 Å². The van der Waals surface area contributed by atoms with Gasteiger partial charge in [0.05, 0.1) is 6.04 Å². The molecule has 0 bridgehead atoms. The molecule has 0 fully saturated rings. The number of fused-ring (bicyclic) bond motifs is 1. The molecule has 0 unspecified atom stereocenters. The van der Waals surface area contributed by atoms with Crippen molar-refractivity contribution in [3.8, 4) is 0 Å². The van der Waals surface area contributed by atoms with E-state index in [0.29, 0.717) is 5.56 Å². The van der Waals surface area contributed by atoms with Crippen molar-refractivity contribution in [2.75, 3.05) is 0 Å². The second-order valence-corrected chi connectivity index (χ2v) is 6.18. The zero-order valence-electron chi connectivity index (χ0n) is 13.4. The van der Waals surface area contributed by atoms with Gasteiger partial charge in [0.1, 0.15) is 5.82 Å². The fraction of sp³-hybridized carbons (Fsp3) is 0.350. The molecule has 0 saturated heterocycles. The molecule has 23 heavy (non-hydrogen) atoms. The van der Waals surface area contributed by atoms with E-state index in [1.807, 2.05) is 0 Å². The third kappa shape index (κ3) is 3.61. The molecule has 1 amide bonds. The van der Waals surface area contributed by atoms with Crippen LogP contribution in [0.1, 0.15) is 59.3 Å². The fourth-order valence-electron chi connectivity index (χ4n) is 3.23. The number of hydrogen-bond donors (Lipinski definition) is 1. The predicted molar refractivity (Wildman–Crippen MR) is 90.0 cm³/mol. The number of carbonyl (C=O) groups is 1. The molecule has 120 valence electrons. The van der Waals surface area contributed by atoms with E-state index in [1.165, 1.54) is 48.2 Å². The molecule has 2 nitrogen and oxygen atoms in total. The monoisotopic (exact) mass is 311 g/mol. The molecule has 2 aromatic rings. The molecule has 0 heterocycles. The van der Waals surface area contributed by atoms with Gasteiger partial charge in [0.2, 0.25) is 0 Å². The SMILES string of the molecule is CC[C@H](NC(=O)c1ccc(F)cc1)c1ccc2c(c1)CCCC2. The third-order valence-electron chi connectivity index (χ3n) is 4.59. The number of benzene rings is 2. The van der Waals surface area contributed by atoms with Gasteiger partial charge in [-0.15, -0.1) is 0 Å². The van der Waals surface area contributed by atoms with E-state index in [2.05, 4.69) is 30.4 Å².